The lowest BCUT2D eigenvalue weighted by Crippen LogP contribution is -2.55. The number of amides is 1. The van der Waals surface area contributed by atoms with E-state index in [1.807, 2.05) is 0 Å². The van der Waals surface area contributed by atoms with Gasteiger partial charge in [-0.2, -0.15) is 0 Å². The molecule has 0 heterocycles. The largest absolute Gasteiger partial charge is 0.345 e. The third-order valence-corrected chi connectivity index (χ3v) is 4.12. The summed E-state index contributed by atoms with van der Waals surface area (Å²) in [7, 11) is 0. The SMILES string of the molecule is Cc1cc([N+](=O)[O-])ccc1C(=O)NC1(CCl)CCC1. The Morgan fingerprint density at radius 3 is 2.63 bits per heavy atom. The van der Waals surface area contributed by atoms with Gasteiger partial charge in [0.25, 0.3) is 11.6 Å². The first-order valence-corrected chi connectivity index (χ1v) is 6.64. The highest BCUT2D eigenvalue weighted by Crippen LogP contribution is 2.33. The fraction of sp³-hybridized carbons (Fsp3) is 0.462. The molecule has 19 heavy (non-hydrogen) atoms. The van der Waals surface area contributed by atoms with Crippen molar-refractivity contribution < 1.29 is 9.72 Å². The number of carbonyl (C=O) groups excluding carboxylic acids is 1. The van der Waals surface area contributed by atoms with Gasteiger partial charge in [0.1, 0.15) is 0 Å². The molecule has 102 valence electrons. The number of rotatable bonds is 4. The van der Waals surface area contributed by atoms with Crippen molar-refractivity contribution in [3.05, 3.63) is 39.4 Å². The van der Waals surface area contributed by atoms with E-state index in [1.54, 1.807) is 6.92 Å². The summed E-state index contributed by atoms with van der Waals surface area (Å²) in [6, 6.07) is 4.24. The zero-order chi connectivity index (χ0) is 14.0. The quantitative estimate of drug-likeness (QED) is 0.524. The molecule has 1 aromatic carbocycles. The number of nitro benzene ring substituents is 1. The summed E-state index contributed by atoms with van der Waals surface area (Å²) in [5.74, 6) is 0.179. The summed E-state index contributed by atoms with van der Waals surface area (Å²) in [4.78, 5) is 22.4. The average Bonchev–Trinajstić information content (AvgIpc) is 2.33. The van der Waals surface area contributed by atoms with E-state index in [9.17, 15) is 14.9 Å². The highest BCUT2D eigenvalue weighted by molar-refractivity contribution is 6.19. The van der Waals surface area contributed by atoms with Gasteiger partial charge >= 0.3 is 0 Å². The van der Waals surface area contributed by atoms with Crippen LogP contribution < -0.4 is 5.32 Å². The van der Waals surface area contributed by atoms with Crippen LogP contribution in [0.4, 0.5) is 5.69 Å². The van der Waals surface area contributed by atoms with E-state index in [-0.39, 0.29) is 17.1 Å². The Bertz CT molecular complexity index is 521. The minimum absolute atomic E-state index is 0.00949. The molecule has 0 bridgehead atoms. The van der Waals surface area contributed by atoms with Crippen LogP contribution in [0.25, 0.3) is 0 Å². The first-order valence-electron chi connectivity index (χ1n) is 6.11. The maximum Gasteiger partial charge on any atom is 0.269 e. The molecule has 1 saturated carbocycles. The Hall–Kier alpha value is -1.62. The number of nitrogens with one attached hydrogen (secondary N) is 1. The van der Waals surface area contributed by atoms with Crippen molar-refractivity contribution >= 4 is 23.2 Å². The smallest absolute Gasteiger partial charge is 0.269 e. The van der Waals surface area contributed by atoms with Crippen molar-refractivity contribution in [1.29, 1.82) is 0 Å². The highest BCUT2D eigenvalue weighted by Gasteiger charge is 2.37. The number of halogens is 1. The van der Waals surface area contributed by atoms with Crippen LogP contribution in [0.15, 0.2) is 18.2 Å². The van der Waals surface area contributed by atoms with Crippen LogP contribution >= 0.6 is 11.6 Å². The third-order valence-electron chi connectivity index (χ3n) is 3.61. The van der Waals surface area contributed by atoms with E-state index in [2.05, 4.69) is 5.32 Å². The number of alkyl halides is 1. The topological polar surface area (TPSA) is 72.2 Å². The fourth-order valence-corrected chi connectivity index (χ4v) is 2.55. The molecule has 1 aliphatic carbocycles. The first kappa shape index (κ1) is 13.8. The van der Waals surface area contributed by atoms with Crippen LogP contribution in [0.5, 0.6) is 0 Å². The van der Waals surface area contributed by atoms with Crippen LogP contribution in [0.2, 0.25) is 0 Å². The molecule has 0 atom stereocenters. The Kier molecular flexibility index (Phi) is 3.75. The predicted molar refractivity (Wildman–Crippen MR) is 72.6 cm³/mol. The number of carbonyl (C=O) groups is 1. The number of non-ortho nitro benzene ring substituents is 1. The second kappa shape index (κ2) is 5.17. The molecule has 0 radical (unpaired) electrons. The Morgan fingerprint density at radius 2 is 2.21 bits per heavy atom. The van der Waals surface area contributed by atoms with Crippen LogP contribution in [0.1, 0.15) is 35.2 Å². The number of hydrogen-bond donors (Lipinski definition) is 1. The van der Waals surface area contributed by atoms with Crippen molar-refractivity contribution in [2.24, 2.45) is 0 Å². The molecular formula is C13H15ClN2O3. The lowest BCUT2D eigenvalue weighted by atomic mass is 9.78. The maximum absolute atomic E-state index is 12.2. The van der Waals surface area contributed by atoms with E-state index < -0.39 is 4.92 Å². The number of hydrogen-bond acceptors (Lipinski definition) is 3. The molecule has 0 unspecified atom stereocenters. The molecule has 0 aromatic heterocycles. The van der Waals surface area contributed by atoms with Gasteiger partial charge in [0.15, 0.2) is 0 Å². The summed E-state index contributed by atoms with van der Waals surface area (Å²) in [5, 5.41) is 13.6. The van der Waals surface area contributed by atoms with Gasteiger partial charge < -0.3 is 5.32 Å². The molecule has 5 nitrogen and oxygen atoms in total. The van der Waals surface area contributed by atoms with E-state index in [0.717, 1.165) is 19.3 Å². The van der Waals surface area contributed by atoms with E-state index in [0.29, 0.717) is 17.0 Å². The molecule has 1 aliphatic rings. The molecule has 0 saturated heterocycles. The number of nitrogens with zero attached hydrogens (tertiary/aromatic N) is 1. The van der Waals surface area contributed by atoms with Gasteiger partial charge in [0.05, 0.1) is 10.5 Å². The molecule has 0 spiro atoms. The van der Waals surface area contributed by atoms with Crippen LogP contribution in [-0.2, 0) is 0 Å². The summed E-state index contributed by atoms with van der Waals surface area (Å²) in [6.07, 6.45) is 2.83. The number of aryl methyl sites for hydroxylation is 1. The van der Waals surface area contributed by atoms with Gasteiger partial charge in [-0.15, -0.1) is 11.6 Å². The average molecular weight is 283 g/mol. The van der Waals surface area contributed by atoms with Gasteiger partial charge in [0.2, 0.25) is 0 Å². The zero-order valence-corrected chi connectivity index (χ0v) is 11.4. The summed E-state index contributed by atoms with van der Waals surface area (Å²) in [6.45, 7) is 1.69. The lowest BCUT2D eigenvalue weighted by Gasteiger charge is -2.41. The lowest BCUT2D eigenvalue weighted by molar-refractivity contribution is -0.384. The normalized spacial score (nSPS) is 16.5. The van der Waals surface area contributed by atoms with Crippen molar-refractivity contribution in [3.63, 3.8) is 0 Å². The second-order valence-electron chi connectivity index (χ2n) is 4.98. The van der Waals surface area contributed by atoms with Gasteiger partial charge in [-0.1, -0.05) is 0 Å². The van der Waals surface area contributed by atoms with Gasteiger partial charge in [-0.3, -0.25) is 14.9 Å². The van der Waals surface area contributed by atoms with E-state index in [4.69, 9.17) is 11.6 Å². The van der Waals surface area contributed by atoms with Crippen LogP contribution in [0, 0.1) is 17.0 Å². The van der Waals surface area contributed by atoms with Crippen molar-refractivity contribution in [3.8, 4) is 0 Å². The predicted octanol–water partition coefficient (Wildman–Crippen LogP) is 2.79. The van der Waals surface area contributed by atoms with Gasteiger partial charge in [-0.25, -0.2) is 0 Å². The molecular weight excluding hydrogens is 268 g/mol. The molecule has 1 amide bonds. The number of benzene rings is 1. The molecule has 1 N–H and O–H groups in total. The van der Waals surface area contributed by atoms with E-state index in [1.165, 1.54) is 18.2 Å². The fourth-order valence-electron chi connectivity index (χ4n) is 2.22. The molecule has 0 aliphatic heterocycles. The molecule has 6 heteroatoms. The van der Waals surface area contributed by atoms with E-state index >= 15 is 0 Å². The molecule has 2 rings (SSSR count). The van der Waals surface area contributed by atoms with Gasteiger partial charge in [0, 0.05) is 23.6 Å². The summed E-state index contributed by atoms with van der Waals surface area (Å²) >= 11 is 5.89. The Balaban J connectivity index is 2.17. The summed E-state index contributed by atoms with van der Waals surface area (Å²) < 4.78 is 0. The minimum Gasteiger partial charge on any atom is -0.345 e. The highest BCUT2D eigenvalue weighted by atomic mass is 35.5. The van der Waals surface area contributed by atoms with Crippen LogP contribution in [0.3, 0.4) is 0 Å². The van der Waals surface area contributed by atoms with Crippen molar-refractivity contribution in [2.45, 2.75) is 31.7 Å². The van der Waals surface area contributed by atoms with Crippen LogP contribution in [-0.4, -0.2) is 22.2 Å². The van der Waals surface area contributed by atoms with Crippen molar-refractivity contribution in [2.75, 3.05) is 5.88 Å². The monoisotopic (exact) mass is 282 g/mol. The minimum atomic E-state index is -0.471. The maximum atomic E-state index is 12.2. The third kappa shape index (κ3) is 2.71. The second-order valence-corrected chi connectivity index (χ2v) is 5.25. The Labute approximate surface area is 116 Å². The first-order chi connectivity index (χ1) is 8.97. The van der Waals surface area contributed by atoms with Gasteiger partial charge in [-0.05, 0) is 37.8 Å². The number of nitro groups is 1. The molecule has 1 fully saturated rings. The standard InChI is InChI=1S/C13H15ClN2O3/c1-9-7-10(16(18)19)3-4-11(9)12(17)15-13(8-14)5-2-6-13/h3-4,7H,2,5-6,8H2,1H3,(H,15,17). The molecule has 1 aromatic rings. The van der Waals surface area contributed by atoms with Crippen molar-refractivity contribution in [1.82, 2.24) is 5.32 Å². The summed E-state index contributed by atoms with van der Waals surface area (Å²) in [5.41, 5.74) is 0.745. The Morgan fingerprint density at radius 1 is 1.53 bits per heavy atom. The zero-order valence-electron chi connectivity index (χ0n) is 10.6.